The summed E-state index contributed by atoms with van der Waals surface area (Å²) in [5, 5.41) is 26.3. The number of aliphatic hydroxyl groups excluding tert-OH is 3. The van der Waals surface area contributed by atoms with Crippen LogP contribution in [0, 0.1) is 0 Å². The number of hydrogen-bond donors (Lipinski definition) is 3. The summed E-state index contributed by atoms with van der Waals surface area (Å²) in [7, 11) is 0. The van der Waals surface area contributed by atoms with Crippen molar-refractivity contribution >= 4 is 6.29 Å². The minimum absolute atomic E-state index is 0.337. The number of aldehydes is 1. The number of rotatable bonds is 1. The van der Waals surface area contributed by atoms with E-state index in [0.29, 0.717) is 6.29 Å². The molecule has 58 valence electrons. The molecule has 0 unspecified atom stereocenters. The Morgan fingerprint density at radius 2 is 1.80 bits per heavy atom. The van der Waals surface area contributed by atoms with Crippen molar-refractivity contribution < 1.29 is 24.9 Å². The predicted molar refractivity (Wildman–Crippen MR) is 29.0 cm³/mol. The first-order valence-electron chi connectivity index (χ1n) is 2.82. The first kappa shape index (κ1) is 7.62. The van der Waals surface area contributed by atoms with Gasteiger partial charge in [-0.3, -0.25) is 0 Å². The molecule has 1 rings (SSSR count). The van der Waals surface area contributed by atoms with Crippen LogP contribution in [0.5, 0.6) is 0 Å². The second-order valence-corrected chi connectivity index (χ2v) is 2.11. The molecule has 1 saturated heterocycles. The van der Waals surface area contributed by atoms with Crippen LogP contribution in [0.1, 0.15) is 0 Å². The van der Waals surface area contributed by atoms with E-state index >= 15 is 0 Å². The van der Waals surface area contributed by atoms with E-state index in [-0.39, 0.29) is 0 Å². The van der Waals surface area contributed by atoms with Crippen molar-refractivity contribution in [2.75, 3.05) is 0 Å². The molecule has 0 aromatic carbocycles. The van der Waals surface area contributed by atoms with Gasteiger partial charge in [0.1, 0.15) is 18.3 Å². The van der Waals surface area contributed by atoms with Gasteiger partial charge in [0.25, 0.3) is 0 Å². The van der Waals surface area contributed by atoms with E-state index in [9.17, 15) is 4.79 Å². The molecule has 0 saturated carbocycles. The molecule has 0 amide bonds. The normalized spacial score (nSPS) is 47.5. The maximum Gasteiger partial charge on any atom is 0.184 e. The molecule has 0 aromatic heterocycles. The summed E-state index contributed by atoms with van der Waals surface area (Å²) in [5.74, 6) is 0. The fraction of sp³-hybridized carbons (Fsp3) is 0.800. The summed E-state index contributed by atoms with van der Waals surface area (Å²) in [4.78, 5) is 10.0. The van der Waals surface area contributed by atoms with Crippen molar-refractivity contribution in [3.8, 4) is 0 Å². The molecular formula is C5H8O5. The summed E-state index contributed by atoms with van der Waals surface area (Å²) in [6, 6.07) is 0. The van der Waals surface area contributed by atoms with Gasteiger partial charge in [-0.05, 0) is 0 Å². The zero-order chi connectivity index (χ0) is 7.72. The topological polar surface area (TPSA) is 87.0 Å². The van der Waals surface area contributed by atoms with Crippen molar-refractivity contribution in [3.63, 3.8) is 0 Å². The maximum absolute atomic E-state index is 10.0. The highest BCUT2D eigenvalue weighted by Gasteiger charge is 2.41. The lowest BCUT2D eigenvalue weighted by Crippen LogP contribution is -2.32. The Hall–Kier alpha value is -0.490. The van der Waals surface area contributed by atoms with Gasteiger partial charge < -0.3 is 24.9 Å². The van der Waals surface area contributed by atoms with Gasteiger partial charge in [-0.1, -0.05) is 0 Å². The van der Waals surface area contributed by atoms with Crippen molar-refractivity contribution in [1.82, 2.24) is 0 Å². The highest BCUT2D eigenvalue weighted by molar-refractivity contribution is 5.58. The van der Waals surface area contributed by atoms with E-state index in [4.69, 9.17) is 15.3 Å². The first-order valence-corrected chi connectivity index (χ1v) is 2.82. The number of aliphatic hydroxyl groups is 3. The Balaban J connectivity index is 2.61. The summed E-state index contributed by atoms with van der Waals surface area (Å²) in [6.45, 7) is 0. The third-order valence-corrected chi connectivity index (χ3v) is 1.41. The Morgan fingerprint density at radius 1 is 1.20 bits per heavy atom. The summed E-state index contributed by atoms with van der Waals surface area (Å²) >= 11 is 0. The monoisotopic (exact) mass is 148 g/mol. The van der Waals surface area contributed by atoms with Crippen LogP contribution in [-0.2, 0) is 9.53 Å². The molecule has 3 N–H and O–H groups in total. The van der Waals surface area contributed by atoms with Crippen molar-refractivity contribution in [2.24, 2.45) is 0 Å². The zero-order valence-corrected chi connectivity index (χ0v) is 5.04. The van der Waals surface area contributed by atoms with E-state index in [0.717, 1.165) is 0 Å². The van der Waals surface area contributed by atoms with Gasteiger partial charge in [-0.15, -0.1) is 0 Å². The lowest BCUT2D eigenvalue weighted by Gasteiger charge is -2.06. The second-order valence-electron chi connectivity index (χ2n) is 2.11. The van der Waals surface area contributed by atoms with Crippen molar-refractivity contribution in [2.45, 2.75) is 24.6 Å². The van der Waals surface area contributed by atoms with Crippen LogP contribution >= 0.6 is 0 Å². The molecule has 1 heterocycles. The molecule has 0 aromatic rings. The molecule has 10 heavy (non-hydrogen) atoms. The highest BCUT2D eigenvalue weighted by atomic mass is 16.6. The standard InChI is InChI=1S/C5H8O5/c6-1-2-3(7)4(8)5(9)10-2/h1-5,7-9H/t2-,3+,4+,5+/m1/s1. The van der Waals surface area contributed by atoms with Gasteiger partial charge in [0.05, 0.1) is 0 Å². The zero-order valence-electron chi connectivity index (χ0n) is 5.04. The van der Waals surface area contributed by atoms with E-state index < -0.39 is 24.6 Å². The van der Waals surface area contributed by atoms with Gasteiger partial charge in [-0.2, -0.15) is 0 Å². The van der Waals surface area contributed by atoms with Crippen LogP contribution in [-0.4, -0.2) is 46.2 Å². The number of ether oxygens (including phenoxy) is 1. The minimum atomic E-state index is -1.45. The smallest absolute Gasteiger partial charge is 0.184 e. The average molecular weight is 148 g/mol. The van der Waals surface area contributed by atoms with Crippen LogP contribution in [0.15, 0.2) is 0 Å². The maximum atomic E-state index is 10.0. The Morgan fingerprint density at radius 3 is 2.00 bits per heavy atom. The summed E-state index contributed by atoms with van der Waals surface area (Å²) in [6.07, 6.45) is -4.91. The fourth-order valence-electron chi connectivity index (χ4n) is 0.798. The van der Waals surface area contributed by atoms with Crippen molar-refractivity contribution in [3.05, 3.63) is 0 Å². The molecule has 5 nitrogen and oxygen atoms in total. The molecule has 1 aliphatic heterocycles. The van der Waals surface area contributed by atoms with Crippen LogP contribution in [0.4, 0.5) is 0 Å². The first-order chi connectivity index (χ1) is 4.66. The molecule has 0 spiro atoms. The van der Waals surface area contributed by atoms with E-state index in [1.807, 2.05) is 0 Å². The van der Waals surface area contributed by atoms with Crippen LogP contribution in [0.25, 0.3) is 0 Å². The Bertz CT molecular complexity index is 136. The van der Waals surface area contributed by atoms with Gasteiger partial charge in [0.15, 0.2) is 12.6 Å². The molecule has 5 heteroatoms. The minimum Gasteiger partial charge on any atom is -0.387 e. The largest absolute Gasteiger partial charge is 0.387 e. The molecule has 1 aliphatic rings. The van der Waals surface area contributed by atoms with Crippen LogP contribution in [0.3, 0.4) is 0 Å². The van der Waals surface area contributed by atoms with Crippen LogP contribution < -0.4 is 0 Å². The molecule has 0 radical (unpaired) electrons. The fourth-order valence-corrected chi connectivity index (χ4v) is 0.798. The van der Waals surface area contributed by atoms with E-state index in [1.165, 1.54) is 0 Å². The third-order valence-electron chi connectivity index (χ3n) is 1.41. The lowest BCUT2D eigenvalue weighted by atomic mass is 10.1. The predicted octanol–water partition coefficient (Wildman–Crippen LogP) is -2.38. The summed E-state index contributed by atoms with van der Waals surface area (Å²) in [5.41, 5.74) is 0. The Kier molecular flexibility index (Phi) is 2.00. The number of carbonyl (C=O) groups excluding carboxylic acids is 1. The third kappa shape index (κ3) is 1.04. The molecule has 0 aliphatic carbocycles. The van der Waals surface area contributed by atoms with Gasteiger partial charge in [0, 0.05) is 0 Å². The van der Waals surface area contributed by atoms with E-state index in [1.54, 1.807) is 0 Å². The van der Waals surface area contributed by atoms with Crippen LogP contribution in [0.2, 0.25) is 0 Å². The summed E-state index contributed by atoms with van der Waals surface area (Å²) < 4.78 is 4.42. The highest BCUT2D eigenvalue weighted by Crippen LogP contribution is 2.17. The van der Waals surface area contributed by atoms with Gasteiger partial charge in [0.2, 0.25) is 0 Å². The number of hydrogen-bond acceptors (Lipinski definition) is 5. The SMILES string of the molecule is O=C[C@H]1O[C@H](O)[C@@H](O)[C@H]1O. The van der Waals surface area contributed by atoms with Gasteiger partial charge in [-0.25, -0.2) is 0 Å². The second kappa shape index (κ2) is 2.63. The number of carbonyl (C=O) groups is 1. The van der Waals surface area contributed by atoms with Crippen molar-refractivity contribution in [1.29, 1.82) is 0 Å². The molecular weight excluding hydrogens is 140 g/mol. The molecule has 0 bridgehead atoms. The Labute approximate surface area is 56.9 Å². The molecule has 1 fully saturated rings. The molecule has 4 atom stereocenters. The van der Waals surface area contributed by atoms with Gasteiger partial charge >= 0.3 is 0 Å². The average Bonchev–Trinajstić information content (AvgIpc) is 2.17. The lowest BCUT2D eigenvalue weighted by molar-refractivity contribution is -0.140. The quantitative estimate of drug-likeness (QED) is 0.361. The van der Waals surface area contributed by atoms with E-state index in [2.05, 4.69) is 4.74 Å².